The van der Waals surface area contributed by atoms with Gasteiger partial charge in [0.1, 0.15) is 11.6 Å². The molecule has 0 saturated carbocycles. The number of para-hydroxylation sites is 1. The maximum atomic E-state index is 13.3. The van der Waals surface area contributed by atoms with Crippen molar-refractivity contribution >= 4 is 36.7 Å². The first-order valence-electron chi connectivity index (χ1n) is 8.97. The summed E-state index contributed by atoms with van der Waals surface area (Å²) in [4.78, 5) is 6.49. The highest BCUT2D eigenvalue weighted by Crippen LogP contribution is 2.31. The Morgan fingerprint density at radius 2 is 1.79 bits per heavy atom. The van der Waals surface area contributed by atoms with Crippen LogP contribution in [0.2, 0.25) is 0 Å². The van der Waals surface area contributed by atoms with Crippen LogP contribution in [0.5, 0.6) is 0 Å². The first-order chi connectivity index (χ1) is 13.4. The van der Waals surface area contributed by atoms with Crippen LogP contribution in [-0.2, 0) is 10.0 Å². The molecule has 1 saturated heterocycles. The quantitative estimate of drug-likeness (QED) is 0.679. The first kappa shape index (κ1) is 19.2. The van der Waals surface area contributed by atoms with E-state index in [9.17, 15) is 17.2 Å². The zero-order valence-electron chi connectivity index (χ0n) is 14.9. The molecule has 0 radical (unpaired) electrons. The van der Waals surface area contributed by atoms with Crippen LogP contribution in [0.15, 0.2) is 47.4 Å². The third-order valence-corrected chi connectivity index (χ3v) is 7.38. The predicted molar refractivity (Wildman–Crippen MR) is 106 cm³/mol. The average Bonchev–Trinajstić information content (AvgIpc) is 3.10. The van der Waals surface area contributed by atoms with Crippen molar-refractivity contribution in [2.75, 3.05) is 24.5 Å². The Morgan fingerprint density at radius 1 is 1.11 bits per heavy atom. The zero-order valence-corrected chi connectivity index (χ0v) is 16.6. The molecule has 0 atom stereocenters. The third kappa shape index (κ3) is 4.16. The van der Waals surface area contributed by atoms with E-state index in [4.69, 9.17) is 0 Å². The molecule has 1 fully saturated rings. The normalized spacial score (nSPS) is 16.0. The van der Waals surface area contributed by atoms with E-state index in [0.717, 1.165) is 53.4 Å². The van der Waals surface area contributed by atoms with Gasteiger partial charge < -0.3 is 4.90 Å². The number of hydrogen-bond donors (Lipinski definition) is 1. The molecule has 0 amide bonds. The molecule has 148 valence electrons. The van der Waals surface area contributed by atoms with Crippen LogP contribution in [-0.4, -0.2) is 33.0 Å². The fourth-order valence-corrected chi connectivity index (χ4v) is 5.49. The number of fused-ring (bicyclic) bond motifs is 1. The topological polar surface area (TPSA) is 62.3 Å². The average molecular weight is 424 g/mol. The van der Waals surface area contributed by atoms with Crippen molar-refractivity contribution in [2.24, 2.45) is 5.92 Å². The molecular weight excluding hydrogens is 404 g/mol. The smallest absolute Gasteiger partial charge is 0.240 e. The molecule has 1 N–H and O–H groups in total. The highest BCUT2D eigenvalue weighted by atomic mass is 32.2. The van der Waals surface area contributed by atoms with Gasteiger partial charge in [-0.2, -0.15) is 0 Å². The number of rotatable bonds is 5. The Hall–Kier alpha value is -2.10. The van der Waals surface area contributed by atoms with Gasteiger partial charge in [-0.25, -0.2) is 26.9 Å². The molecule has 0 unspecified atom stereocenters. The summed E-state index contributed by atoms with van der Waals surface area (Å²) in [5.74, 6) is -1.66. The third-order valence-electron chi connectivity index (χ3n) is 4.88. The number of nitrogens with one attached hydrogen (secondary N) is 1. The maximum absolute atomic E-state index is 13.3. The first-order valence-corrected chi connectivity index (χ1v) is 11.3. The van der Waals surface area contributed by atoms with Gasteiger partial charge in [0, 0.05) is 25.7 Å². The molecule has 3 aromatic rings. The summed E-state index contributed by atoms with van der Waals surface area (Å²) in [7, 11) is -3.94. The number of nitrogens with zero attached hydrogens (tertiary/aromatic N) is 2. The van der Waals surface area contributed by atoms with Gasteiger partial charge in [0.05, 0.1) is 15.1 Å². The van der Waals surface area contributed by atoms with Gasteiger partial charge in [0.2, 0.25) is 10.0 Å². The van der Waals surface area contributed by atoms with Gasteiger partial charge in [0.15, 0.2) is 5.13 Å². The number of sulfonamides is 1. The molecular formula is C19H19F2N3O2S2. The summed E-state index contributed by atoms with van der Waals surface area (Å²) >= 11 is 1.65. The van der Waals surface area contributed by atoms with E-state index >= 15 is 0 Å². The van der Waals surface area contributed by atoms with E-state index in [-0.39, 0.29) is 12.5 Å². The second-order valence-corrected chi connectivity index (χ2v) is 9.63. The number of benzene rings is 2. The largest absolute Gasteiger partial charge is 0.348 e. The van der Waals surface area contributed by atoms with Crippen LogP contribution < -0.4 is 9.62 Å². The Kier molecular flexibility index (Phi) is 5.31. The van der Waals surface area contributed by atoms with Crippen molar-refractivity contribution in [1.82, 2.24) is 9.71 Å². The molecule has 1 aliphatic rings. The molecule has 2 heterocycles. The van der Waals surface area contributed by atoms with Gasteiger partial charge in [0.25, 0.3) is 0 Å². The lowest BCUT2D eigenvalue weighted by Gasteiger charge is -2.31. The van der Waals surface area contributed by atoms with E-state index in [1.807, 2.05) is 24.3 Å². The molecule has 0 aliphatic carbocycles. The Morgan fingerprint density at radius 3 is 2.46 bits per heavy atom. The number of hydrogen-bond acceptors (Lipinski definition) is 5. The molecule has 4 rings (SSSR count). The van der Waals surface area contributed by atoms with Crippen LogP contribution in [0.3, 0.4) is 0 Å². The number of piperidine rings is 1. The molecule has 0 bridgehead atoms. The van der Waals surface area contributed by atoms with E-state index in [2.05, 4.69) is 14.6 Å². The van der Waals surface area contributed by atoms with Gasteiger partial charge in [-0.05, 0) is 43.0 Å². The lowest BCUT2D eigenvalue weighted by atomic mass is 9.97. The number of thiazole rings is 1. The van der Waals surface area contributed by atoms with Crippen molar-refractivity contribution < 1.29 is 17.2 Å². The van der Waals surface area contributed by atoms with Gasteiger partial charge >= 0.3 is 0 Å². The number of halogens is 2. The summed E-state index contributed by atoms with van der Waals surface area (Å²) < 4.78 is 54.8. The summed E-state index contributed by atoms with van der Waals surface area (Å²) in [6.45, 7) is 1.83. The summed E-state index contributed by atoms with van der Waals surface area (Å²) in [6, 6.07) is 10.3. The van der Waals surface area contributed by atoms with Crippen LogP contribution in [0, 0.1) is 17.6 Å². The standard InChI is InChI=1S/C19H19F2N3O2S2/c20-14-9-15(21)11-16(10-14)28(25,26)22-12-13-5-7-24(8-6-13)19-23-17-3-1-2-4-18(17)27-19/h1-4,9-11,13,22H,5-8,12H2. The molecule has 1 aliphatic heterocycles. The monoisotopic (exact) mass is 423 g/mol. The highest BCUT2D eigenvalue weighted by Gasteiger charge is 2.24. The SMILES string of the molecule is O=S(=O)(NCC1CCN(c2nc3ccccc3s2)CC1)c1cc(F)cc(F)c1. The second-order valence-electron chi connectivity index (χ2n) is 6.85. The van der Waals surface area contributed by atoms with E-state index in [1.54, 1.807) is 11.3 Å². The van der Waals surface area contributed by atoms with Gasteiger partial charge in [-0.1, -0.05) is 23.5 Å². The van der Waals surface area contributed by atoms with Crippen molar-refractivity contribution in [3.63, 3.8) is 0 Å². The molecule has 1 aromatic heterocycles. The lowest BCUT2D eigenvalue weighted by molar-refractivity contribution is 0.402. The second kappa shape index (κ2) is 7.73. The van der Waals surface area contributed by atoms with Crippen LogP contribution >= 0.6 is 11.3 Å². The Labute approximate surface area is 166 Å². The lowest BCUT2D eigenvalue weighted by Crippen LogP contribution is -2.38. The summed E-state index contributed by atoms with van der Waals surface area (Å²) in [5.41, 5.74) is 0.986. The Bertz CT molecular complexity index is 1040. The van der Waals surface area contributed by atoms with E-state index in [0.29, 0.717) is 6.07 Å². The molecule has 9 heteroatoms. The van der Waals surface area contributed by atoms with Gasteiger partial charge in [-0.15, -0.1) is 0 Å². The molecule has 2 aromatic carbocycles. The fraction of sp³-hybridized carbons (Fsp3) is 0.316. The maximum Gasteiger partial charge on any atom is 0.240 e. The predicted octanol–water partition coefficient (Wildman–Crippen LogP) is 3.77. The molecule has 0 spiro atoms. The number of aromatic nitrogens is 1. The number of anilines is 1. The van der Waals surface area contributed by atoms with E-state index in [1.165, 1.54) is 0 Å². The molecule has 5 nitrogen and oxygen atoms in total. The van der Waals surface area contributed by atoms with Crippen LogP contribution in [0.4, 0.5) is 13.9 Å². The zero-order chi connectivity index (χ0) is 19.7. The van der Waals surface area contributed by atoms with Crippen molar-refractivity contribution in [1.29, 1.82) is 0 Å². The summed E-state index contributed by atoms with van der Waals surface area (Å²) in [5, 5.41) is 0.982. The van der Waals surface area contributed by atoms with Crippen molar-refractivity contribution in [3.8, 4) is 0 Å². The Balaban J connectivity index is 1.35. The van der Waals surface area contributed by atoms with Crippen LogP contribution in [0.25, 0.3) is 10.2 Å². The van der Waals surface area contributed by atoms with Crippen molar-refractivity contribution in [2.45, 2.75) is 17.7 Å². The fourth-order valence-electron chi connectivity index (χ4n) is 3.32. The van der Waals surface area contributed by atoms with E-state index < -0.39 is 26.6 Å². The van der Waals surface area contributed by atoms with Crippen LogP contribution in [0.1, 0.15) is 12.8 Å². The minimum absolute atomic E-state index is 0.166. The highest BCUT2D eigenvalue weighted by molar-refractivity contribution is 7.89. The molecule has 28 heavy (non-hydrogen) atoms. The van der Waals surface area contributed by atoms with Gasteiger partial charge in [-0.3, -0.25) is 0 Å². The van der Waals surface area contributed by atoms with Crippen molar-refractivity contribution in [3.05, 3.63) is 54.1 Å². The minimum Gasteiger partial charge on any atom is -0.348 e. The summed E-state index contributed by atoms with van der Waals surface area (Å²) in [6.07, 6.45) is 1.63. The minimum atomic E-state index is -3.94.